The number of hydrazone groups is 1. The molecule has 0 unspecified atom stereocenters. The van der Waals surface area contributed by atoms with Gasteiger partial charge in [0.15, 0.2) is 4.67 Å². The van der Waals surface area contributed by atoms with Gasteiger partial charge in [0, 0.05) is 21.2 Å². The van der Waals surface area contributed by atoms with E-state index in [-0.39, 0.29) is 5.91 Å². The van der Waals surface area contributed by atoms with Gasteiger partial charge in [-0.25, -0.2) is 5.43 Å². The first kappa shape index (κ1) is 18.8. The molecule has 0 fully saturated rings. The fourth-order valence-electron chi connectivity index (χ4n) is 2.07. The molecule has 0 saturated carbocycles. The maximum Gasteiger partial charge on any atom is 0.271 e. The number of rotatable bonds is 6. The highest BCUT2D eigenvalue weighted by molar-refractivity contribution is 9.10. The number of hydrogen-bond donors (Lipinski definition) is 1. The third kappa shape index (κ3) is 5.49. The third-order valence-electron chi connectivity index (χ3n) is 3.39. The lowest BCUT2D eigenvalue weighted by molar-refractivity contribution is 0.0955. The zero-order valence-corrected chi connectivity index (χ0v) is 16.6. The highest BCUT2D eigenvalue weighted by Crippen LogP contribution is 2.24. The van der Waals surface area contributed by atoms with Crippen LogP contribution in [-0.4, -0.2) is 12.1 Å². The minimum Gasteiger partial charge on any atom is -0.448 e. The summed E-state index contributed by atoms with van der Waals surface area (Å²) in [5, 5.41) is 4.61. The summed E-state index contributed by atoms with van der Waals surface area (Å²) >= 11 is 10.8. The first-order chi connectivity index (χ1) is 12.6. The first-order valence-corrected chi connectivity index (χ1v) is 9.82. The number of furan rings is 1. The lowest BCUT2D eigenvalue weighted by Gasteiger charge is -2.04. The van der Waals surface area contributed by atoms with Crippen LogP contribution in [0.2, 0.25) is 5.02 Å². The Morgan fingerprint density at radius 3 is 2.50 bits per heavy atom. The van der Waals surface area contributed by atoms with Gasteiger partial charge in [-0.1, -0.05) is 23.7 Å². The Bertz CT molecular complexity index is 908. The summed E-state index contributed by atoms with van der Waals surface area (Å²) in [7, 11) is 0. The molecule has 132 valence electrons. The normalized spacial score (nSPS) is 11.0. The van der Waals surface area contributed by atoms with Gasteiger partial charge >= 0.3 is 0 Å². The summed E-state index contributed by atoms with van der Waals surface area (Å²) in [6.07, 6.45) is 1.44. The van der Waals surface area contributed by atoms with Crippen LogP contribution in [0.5, 0.6) is 0 Å². The number of amides is 1. The molecule has 1 heterocycles. The summed E-state index contributed by atoms with van der Waals surface area (Å²) in [4.78, 5) is 13.2. The summed E-state index contributed by atoms with van der Waals surface area (Å²) < 4.78 is 5.87. The Balaban J connectivity index is 1.52. The fourth-order valence-corrected chi connectivity index (χ4v) is 3.37. The second-order valence-corrected chi connectivity index (χ2v) is 7.55. The largest absolute Gasteiger partial charge is 0.448 e. The number of nitrogens with one attached hydrogen (secondary N) is 1. The molecule has 0 aliphatic rings. The van der Waals surface area contributed by atoms with E-state index >= 15 is 0 Å². The minimum absolute atomic E-state index is 0.274. The van der Waals surface area contributed by atoms with Crippen LogP contribution in [0.15, 0.2) is 79.7 Å². The highest BCUT2D eigenvalue weighted by atomic mass is 79.9. The van der Waals surface area contributed by atoms with Crippen LogP contribution in [0.1, 0.15) is 21.7 Å². The molecule has 0 atom stereocenters. The van der Waals surface area contributed by atoms with Crippen LogP contribution in [0.25, 0.3) is 0 Å². The highest BCUT2D eigenvalue weighted by Gasteiger charge is 2.05. The van der Waals surface area contributed by atoms with Gasteiger partial charge in [-0.15, -0.1) is 11.8 Å². The molecule has 4 nitrogen and oxygen atoms in total. The number of thioether (sulfide) groups is 1. The molecular formula is C19H14BrClN2O2S. The summed E-state index contributed by atoms with van der Waals surface area (Å²) in [6.45, 7) is 0. The molecule has 1 N–H and O–H groups in total. The Kier molecular flexibility index (Phi) is 6.55. The van der Waals surface area contributed by atoms with Crippen molar-refractivity contribution in [1.29, 1.82) is 0 Å². The van der Waals surface area contributed by atoms with E-state index in [2.05, 4.69) is 26.5 Å². The molecule has 0 bridgehead atoms. The SMILES string of the molecule is O=C(N/N=C\c1ccc(Br)o1)c1ccc(CSc2ccc(Cl)cc2)cc1. The molecular weight excluding hydrogens is 436 g/mol. The average Bonchev–Trinajstić information content (AvgIpc) is 3.07. The Morgan fingerprint density at radius 2 is 1.85 bits per heavy atom. The maximum atomic E-state index is 12.1. The molecule has 0 spiro atoms. The number of carbonyl (C=O) groups excluding carboxylic acids is 1. The van der Waals surface area contributed by atoms with Crippen LogP contribution in [0, 0.1) is 0 Å². The second-order valence-electron chi connectivity index (χ2n) is 5.28. The molecule has 1 aromatic heterocycles. The number of hydrogen-bond acceptors (Lipinski definition) is 4. The van der Waals surface area contributed by atoms with Crippen molar-refractivity contribution in [3.8, 4) is 0 Å². The Hall–Kier alpha value is -2.02. The van der Waals surface area contributed by atoms with Crippen molar-refractivity contribution in [2.75, 3.05) is 0 Å². The van der Waals surface area contributed by atoms with Crippen molar-refractivity contribution < 1.29 is 9.21 Å². The predicted octanol–water partition coefficient (Wildman–Crippen LogP) is 5.75. The van der Waals surface area contributed by atoms with E-state index in [1.54, 1.807) is 36.0 Å². The quantitative estimate of drug-likeness (QED) is 0.296. The van der Waals surface area contributed by atoms with E-state index in [0.29, 0.717) is 16.0 Å². The van der Waals surface area contributed by atoms with Crippen molar-refractivity contribution in [2.24, 2.45) is 5.10 Å². The summed E-state index contributed by atoms with van der Waals surface area (Å²) in [6, 6.07) is 18.7. The van der Waals surface area contributed by atoms with Crippen molar-refractivity contribution in [2.45, 2.75) is 10.6 Å². The number of benzene rings is 2. The average molecular weight is 450 g/mol. The van der Waals surface area contributed by atoms with Crippen LogP contribution in [0.3, 0.4) is 0 Å². The summed E-state index contributed by atoms with van der Waals surface area (Å²) in [5.74, 6) is 1.09. The van der Waals surface area contributed by atoms with E-state index < -0.39 is 0 Å². The van der Waals surface area contributed by atoms with Gasteiger partial charge in [0.05, 0.1) is 6.21 Å². The van der Waals surface area contributed by atoms with Crippen molar-refractivity contribution in [3.63, 3.8) is 0 Å². The van der Waals surface area contributed by atoms with Crippen LogP contribution in [-0.2, 0) is 5.75 Å². The van der Waals surface area contributed by atoms with Crippen LogP contribution in [0.4, 0.5) is 0 Å². The summed E-state index contributed by atoms with van der Waals surface area (Å²) in [5.41, 5.74) is 4.15. The number of halogens is 2. The fraction of sp³-hybridized carbons (Fsp3) is 0.0526. The maximum absolute atomic E-state index is 12.1. The third-order valence-corrected chi connectivity index (χ3v) is 5.15. The molecule has 3 rings (SSSR count). The van der Waals surface area contributed by atoms with Gasteiger partial charge in [0.2, 0.25) is 0 Å². The lowest BCUT2D eigenvalue weighted by atomic mass is 10.1. The smallest absolute Gasteiger partial charge is 0.271 e. The minimum atomic E-state index is -0.274. The number of nitrogens with zero attached hydrogens (tertiary/aromatic N) is 1. The van der Waals surface area contributed by atoms with E-state index in [0.717, 1.165) is 21.2 Å². The zero-order chi connectivity index (χ0) is 18.4. The molecule has 3 aromatic rings. The molecule has 2 aromatic carbocycles. The van der Waals surface area contributed by atoms with Crippen molar-refractivity contribution in [3.05, 3.63) is 87.2 Å². The molecule has 1 amide bonds. The van der Waals surface area contributed by atoms with Crippen molar-refractivity contribution >= 4 is 51.4 Å². The molecule has 0 aliphatic carbocycles. The topological polar surface area (TPSA) is 54.6 Å². The van der Waals surface area contributed by atoms with Gasteiger partial charge in [-0.3, -0.25) is 4.79 Å². The predicted molar refractivity (Wildman–Crippen MR) is 109 cm³/mol. The van der Waals surface area contributed by atoms with Crippen LogP contribution < -0.4 is 5.43 Å². The molecule has 26 heavy (non-hydrogen) atoms. The van der Waals surface area contributed by atoms with Crippen LogP contribution >= 0.6 is 39.3 Å². The molecule has 7 heteroatoms. The van der Waals surface area contributed by atoms with Crippen molar-refractivity contribution in [1.82, 2.24) is 5.43 Å². The monoisotopic (exact) mass is 448 g/mol. The van der Waals surface area contributed by atoms with Gasteiger partial charge < -0.3 is 4.42 Å². The Labute approximate surface area is 168 Å². The van der Waals surface area contributed by atoms with E-state index in [9.17, 15) is 4.79 Å². The molecule has 0 saturated heterocycles. The molecule has 0 radical (unpaired) electrons. The zero-order valence-electron chi connectivity index (χ0n) is 13.5. The number of carbonyl (C=O) groups is 1. The van der Waals surface area contributed by atoms with Gasteiger partial charge in [-0.05, 0) is 70.0 Å². The van der Waals surface area contributed by atoms with E-state index in [1.807, 2.05) is 36.4 Å². The lowest BCUT2D eigenvalue weighted by Crippen LogP contribution is -2.17. The standard InChI is InChI=1S/C19H14BrClN2O2S/c20-18-10-7-16(25-18)11-22-23-19(24)14-3-1-13(2-4-14)12-26-17-8-5-15(21)6-9-17/h1-11H,12H2,(H,23,24)/b22-11-. The second kappa shape index (κ2) is 9.07. The Morgan fingerprint density at radius 1 is 1.12 bits per heavy atom. The molecule has 0 aliphatic heterocycles. The van der Waals surface area contributed by atoms with Gasteiger partial charge in [-0.2, -0.15) is 5.10 Å². The van der Waals surface area contributed by atoms with Gasteiger partial charge in [0.25, 0.3) is 5.91 Å². The first-order valence-electron chi connectivity index (χ1n) is 7.66. The van der Waals surface area contributed by atoms with Gasteiger partial charge in [0.1, 0.15) is 5.76 Å². The van der Waals surface area contributed by atoms with E-state index in [1.165, 1.54) is 6.21 Å². The van der Waals surface area contributed by atoms with E-state index in [4.69, 9.17) is 16.0 Å².